The quantitative estimate of drug-likeness (QED) is 0.362. The van der Waals surface area contributed by atoms with Crippen LogP contribution in [0.5, 0.6) is 11.5 Å². The predicted molar refractivity (Wildman–Crippen MR) is 113 cm³/mol. The van der Waals surface area contributed by atoms with Crippen LogP contribution in [0.3, 0.4) is 0 Å². The van der Waals surface area contributed by atoms with Crippen molar-refractivity contribution in [2.75, 3.05) is 14.2 Å². The Morgan fingerprint density at radius 3 is 2.50 bits per heavy atom. The number of thiazole rings is 1. The normalized spacial score (nSPS) is 11.1. The second-order valence-corrected chi connectivity index (χ2v) is 7.43. The molecule has 0 saturated heterocycles. The Kier molecular flexibility index (Phi) is 5.91. The summed E-state index contributed by atoms with van der Waals surface area (Å²) in [7, 11) is 3.21. The van der Waals surface area contributed by atoms with Crippen molar-refractivity contribution in [2.45, 2.75) is 0 Å². The lowest BCUT2D eigenvalue weighted by Crippen LogP contribution is -1.91. The van der Waals surface area contributed by atoms with Crippen molar-refractivity contribution in [3.05, 3.63) is 62.0 Å². The lowest BCUT2D eigenvalue weighted by molar-refractivity contribution is 0.355. The SMILES string of the molecule is COc1ccc(-c2csc(/C(C#N)=C/c3ccc(I)cc3)n2)cc1OC. The van der Waals surface area contributed by atoms with Gasteiger partial charge in [-0.15, -0.1) is 11.3 Å². The number of ether oxygens (including phenoxy) is 2. The summed E-state index contributed by atoms with van der Waals surface area (Å²) in [6.07, 6.45) is 1.85. The van der Waals surface area contributed by atoms with Gasteiger partial charge in [0.2, 0.25) is 0 Å². The maximum Gasteiger partial charge on any atom is 0.161 e. The van der Waals surface area contributed by atoms with E-state index >= 15 is 0 Å². The van der Waals surface area contributed by atoms with Crippen LogP contribution in [0, 0.1) is 14.9 Å². The van der Waals surface area contributed by atoms with Crippen LogP contribution >= 0.6 is 33.9 Å². The van der Waals surface area contributed by atoms with E-state index in [0.29, 0.717) is 22.1 Å². The van der Waals surface area contributed by atoms with Crippen LogP contribution in [0.15, 0.2) is 47.8 Å². The Bertz CT molecular complexity index is 988. The number of aromatic nitrogens is 1. The Morgan fingerprint density at radius 1 is 1.12 bits per heavy atom. The molecule has 0 amide bonds. The molecule has 0 fully saturated rings. The van der Waals surface area contributed by atoms with E-state index < -0.39 is 0 Å². The van der Waals surface area contributed by atoms with Crippen molar-refractivity contribution < 1.29 is 9.47 Å². The summed E-state index contributed by atoms with van der Waals surface area (Å²) >= 11 is 3.70. The first-order valence-electron chi connectivity index (χ1n) is 7.70. The molecule has 0 bridgehead atoms. The van der Waals surface area contributed by atoms with E-state index in [0.717, 1.165) is 20.4 Å². The summed E-state index contributed by atoms with van der Waals surface area (Å²) < 4.78 is 11.8. The number of benzene rings is 2. The molecule has 130 valence electrons. The van der Waals surface area contributed by atoms with Crippen molar-refractivity contribution in [1.82, 2.24) is 4.98 Å². The molecule has 1 aromatic heterocycles. The highest BCUT2D eigenvalue weighted by molar-refractivity contribution is 14.1. The highest BCUT2D eigenvalue weighted by atomic mass is 127. The molecule has 0 aliphatic heterocycles. The Labute approximate surface area is 169 Å². The molecule has 2 aromatic carbocycles. The second-order valence-electron chi connectivity index (χ2n) is 5.33. The lowest BCUT2D eigenvalue weighted by Gasteiger charge is -2.08. The highest BCUT2D eigenvalue weighted by Crippen LogP contribution is 2.33. The van der Waals surface area contributed by atoms with Crippen LogP contribution in [0.1, 0.15) is 10.6 Å². The first kappa shape index (κ1) is 18.4. The van der Waals surface area contributed by atoms with E-state index in [2.05, 4.69) is 33.6 Å². The maximum atomic E-state index is 9.54. The van der Waals surface area contributed by atoms with Crippen molar-refractivity contribution in [3.8, 4) is 28.8 Å². The molecule has 0 radical (unpaired) electrons. The van der Waals surface area contributed by atoms with Crippen molar-refractivity contribution in [2.24, 2.45) is 0 Å². The van der Waals surface area contributed by atoms with Gasteiger partial charge in [-0.1, -0.05) is 12.1 Å². The number of nitrogens with zero attached hydrogens (tertiary/aromatic N) is 2. The van der Waals surface area contributed by atoms with Gasteiger partial charge >= 0.3 is 0 Å². The van der Waals surface area contributed by atoms with E-state index in [4.69, 9.17) is 9.47 Å². The first-order chi connectivity index (χ1) is 12.6. The molecule has 0 N–H and O–H groups in total. The number of hydrogen-bond acceptors (Lipinski definition) is 5. The monoisotopic (exact) mass is 474 g/mol. The topological polar surface area (TPSA) is 55.1 Å². The van der Waals surface area contributed by atoms with Gasteiger partial charge in [0, 0.05) is 14.5 Å². The zero-order valence-electron chi connectivity index (χ0n) is 14.2. The van der Waals surface area contributed by atoms with Gasteiger partial charge in [0.15, 0.2) is 11.5 Å². The molecule has 0 aliphatic rings. The average molecular weight is 474 g/mol. The van der Waals surface area contributed by atoms with E-state index in [1.165, 1.54) is 11.3 Å². The summed E-state index contributed by atoms with van der Waals surface area (Å²) in [5, 5.41) is 12.2. The van der Waals surface area contributed by atoms with Crippen molar-refractivity contribution in [1.29, 1.82) is 5.26 Å². The zero-order valence-corrected chi connectivity index (χ0v) is 17.2. The molecule has 3 aromatic rings. The molecule has 0 spiro atoms. The molecule has 1 heterocycles. The summed E-state index contributed by atoms with van der Waals surface area (Å²) in [5.74, 6) is 1.32. The molecular formula is C20H15IN2O2S. The van der Waals surface area contributed by atoms with Crippen LogP contribution in [-0.2, 0) is 0 Å². The van der Waals surface area contributed by atoms with Gasteiger partial charge in [-0.2, -0.15) is 5.26 Å². The van der Waals surface area contributed by atoms with E-state index in [1.54, 1.807) is 14.2 Å². The number of halogens is 1. The molecule has 0 unspecified atom stereocenters. The largest absolute Gasteiger partial charge is 0.493 e. The minimum Gasteiger partial charge on any atom is -0.493 e. The standard InChI is InChI=1S/C20H15IN2O2S/c1-24-18-8-5-14(10-19(18)25-2)17-12-26-20(23-17)15(11-22)9-13-3-6-16(21)7-4-13/h3-10,12H,1-2H3/b15-9+. The second kappa shape index (κ2) is 8.34. The average Bonchev–Trinajstić information content (AvgIpc) is 3.17. The van der Waals surface area contributed by atoms with Gasteiger partial charge in [0.25, 0.3) is 0 Å². The number of allylic oxidation sites excluding steroid dienone is 1. The van der Waals surface area contributed by atoms with Gasteiger partial charge < -0.3 is 9.47 Å². The first-order valence-corrected chi connectivity index (χ1v) is 9.66. The molecule has 26 heavy (non-hydrogen) atoms. The minimum atomic E-state index is 0.544. The Morgan fingerprint density at radius 2 is 1.85 bits per heavy atom. The van der Waals surface area contributed by atoms with E-state index in [-0.39, 0.29) is 0 Å². The third-order valence-electron chi connectivity index (χ3n) is 3.72. The minimum absolute atomic E-state index is 0.544. The number of rotatable bonds is 5. The van der Waals surface area contributed by atoms with Gasteiger partial charge in [0.1, 0.15) is 11.1 Å². The molecule has 3 rings (SSSR count). The fraction of sp³-hybridized carbons (Fsp3) is 0.100. The maximum absolute atomic E-state index is 9.54. The van der Waals surface area contributed by atoms with Crippen LogP contribution in [0.4, 0.5) is 0 Å². The number of nitriles is 1. The van der Waals surface area contributed by atoms with Crippen molar-refractivity contribution in [3.63, 3.8) is 0 Å². The van der Waals surface area contributed by atoms with Crippen LogP contribution < -0.4 is 9.47 Å². The molecule has 0 atom stereocenters. The number of methoxy groups -OCH3 is 2. The van der Waals surface area contributed by atoms with Crippen LogP contribution in [0.2, 0.25) is 0 Å². The summed E-state index contributed by atoms with van der Waals surface area (Å²) in [6.45, 7) is 0. The Balaban J connectivity index is 1.93. The predicted octanol–water partition coefficient (Wildman–Crippen LogP) is 5.50. The third-order valence-corrected chi connectivity index (χ3v) is 5.31. The molecule has 6 heteroatoms. The van der Waals surface area contributed by atoms with E-state index in [1.807, 2.05) is 53.9 Å². The summed E-state index contributed by atoms with van der Waals surface area (Å²) in [6, 6.07) is 15.9. The molecule has 0 saturated carbocycles. The molecule has 0 aliphatic carbocycles. The fourth-order valence-corrected chi connectivity index (χ4v) is 3.55. The van der Waals surface area contributed by atoms with Gasteiger partial charge in [-0.3, -0.25) is 0 Å². The van der Waals surface area contributed by atoms with Gasteiger partial charge in [-0.05, 0) is 64.6 Å². The molecular weight excluding hydrogens is 459 g/mol. The molecule has 4 nitrogen and oxygen atoms in total. The smallest absolute Gasteiger partial charge is 0.161 e. The summed E-state index contributed by atoms with van der Waals surface area (Å²) in [5.41, 5.74) is 3.24. The lowest BCUT2D eigenvalue weighted by atomic mass is 10.1. The van der Waals surface area contributed by atoms with E-state index in [9.17, 15) is 5.26 Å². The van der Waals surface area contributed by atoms with Gasteiger partial charge in [-0.25, -0.2) is 4.98 Å². The number of hydrogen-bond donors (Lipinski definition) is 0. The third kappa shape index (κ3) is 4.06. The summed E-state index contributed by atoms with van der Waals surface area (Å²) in [4.78, 5) is 4.63. The Hall–Kier alpha value is -2.37. The van der Waals surface area contributed by atoms with Crippen LogP contribution in [0.25, 0.3) is 22.9 Å². The van der Waals surface area contributed by atoms with Crippen molar-refractivity contribution >= 4 is 45.6 Å². The zero-order chi connectivity index (χ0) is 18.5. The fourth-order valence-electron chi connectivity index (χ4n) is 2.39. The highest BCUT2D eigenvalue weighted by Gasteiger charge is 2.12. The van der Waals surface area contributed by atoms with Crippen LogP contribution in [-0.4, -0.2) is 19.2 Å². The van der Waals surface area contributed by atoms with Gasteiger partial charge in [0.05, 0.1) is 25.5 Å².